The Labute approximate surface area is 192 Å². The van der Waals surface area contributed by atoms with Gasteiger partial charge in [0.25, 0.3) is 0 Å². The molecule has 29 heavy (non-hydrogen) atoms. The van der Waals surface area contributed by atoms with Crippen molar-refractivity contribution in [2.45, 2.75) is 39.7 Å². The quantitative estimate of drug-likeness (QED) is 0.335. The first-order valence-electron chi connectivity index (χ1n) is 10.7. The zero-order valence-electron chi connectivity index (χ0n) is 17.8. The highest BCUT2D eigenvalue weighted by Crippen LogP contribution is 2.28. The second-order valence-electron chi connectivity index (χ2n) is 7.84. The minimum atomic E-state index is 0. The summed E-state index contributed by atoms with van der Waals surface area (Å²) in [5, 5.41) is 6.77. The molecule has 6 nitrogen and oxygen atoms in total. The molecule has 3 rings (SSSR count). The summed E-state index contributed by atoms with van der Waals surface area (Å²) < 4.78 is 0. The van der Waals surface area contributed by atoms with E-state index < -0.39 is 0 Å². The Morgan fingerprint density at radius 2 is 1.86 bits per heavy atom. The molecule has 2 aliphatic rings. The normalized spacial score (nSPS) is 18.0. The molecule has 0 aromatic heterocycles. The number of rotatable bonds is 7. The van der Waals surface area contributed by atoms with Crippen LogP contribution >= 0.6 is 24.0 Å². The predicted octanol–water partition coefficient (Wildman–Crippen LogP) is 2.61. The summed E-state index contributed by atoms with van der Waals surface area (Å²) in [5.41, 5.74) is 2.53. The molecule has 0 spiro atoms. The summed E-state index contributed by atoms with van der Waals surface area (Å²) >= 11 is 0. The van der Waals surface area contributed by atoms with Gasteiger partial charge in [-0.3, -0.25) is 9.69 Å². The maximum absolute atomic E-state index is 12.3. The number of carbonyl (C=O) groups excluding carboxylic acids is 1. The number of aryl methyl sites for hydroxylation is 1. The van der Waals surface area contributed by atoms with Gasteiger partial charge in [0.05, 0.1) is 6.54 Å². The molecule has 1 aliphatic carbocycles. The van der Waals surface area contributed by atoms with Crippen LogP contribution in [0.4, 0.5) is 0 Å². The zero-order valence-corrected chi connectivity index (χ0v) is 20.2. The minimum absolute atomic E-state index is 0. The third kappa shape index (κ3) is 7.13. The first-order valence-corrected chi connectivity index (χ1v) is 10.7. The van der Waals surface area contributed by atoms with Crippen LogP contribution in [-0.2, 0) is 11.3 Å². The summed E-state index contributed by atoms with van der Waals surface area (Å²) in [6.07, 6.45) is 3.41. The fourth-order valence-electron chi connectivity index (χ4n) is 3.73. The van der Waals surface area contributed by atoms with Crippen molar-refractivity contribution in [2.24, 2.45) is 10.9 Å². The van der Waals surface area contributed by atoms with E-state index in [2.05, 4.69) is 58.5 Å². The third-order valence-electron chi connectivity index (χ3n) is 5.87. The van der Waals surface area contributed by atoms with Gasteiger partial charge in [0, 0.05) is 51.7 Å². The van der Waals surface area contributed by atoms with E-state index in [0.29, 0.717) is 18.4 Å². The smallest absolute Gasteiger partial charge is 0.225 e. The Balaban J connectivity index is 0.00000300. The molecule has 2 N–H and O–H groups in total. The van der Waals surface area contributed by atoms with Gasteiger partial charge in [-0.2, -0.15) is 0 Å². The lowest BCUT2D eigenvalue weighted by Gasteiger charge is -2.38. The number of halogens is 1. The Kier molecular flexibility index (Phi) is 10.2. The van der Waals surface area contributed by atoms with Crippen LogP contribution in [0.5, 0.6) is 0 Å². The van der Waals surface area contributed by atoms with E-state index >= 15 is 0 Å². The zero-order chi connectivity index (χ0) is 19.8. The van der Waals surface area contributed by atoms with Crippen molar-refractivity contribution < 1.29 is 4.79 Å². The fraction of sp³-hybridized carbons (Fsp3) is 0.636. The van der Waals surface area contributed by atoms with E-state index in [1.54, 1.807) is 0 Å². The van der Waals surface area contributed by atoms with Crippen LogP contribution in [0.25, 0.3) is 0 Å². The lowest BCUT2D eigenvalue weighted by molar-refractivity contribution is -0.139. The molecule has 1 aromatic carbocycles. The molecule has 0 atom stereocenters. The lowest BCUT2D eigenvalue weighted by Crippen LogP contribution is -2.52. The van der Waals surface area contributed by atoms with E-state index in [4.69, 9.17) is 4.99 Å². The Morgan fingerprint density at radius 3 is 2.48 bits per heavy atom. The molecule has 1 aromatic rings. The summed E-state index contributed by atoms with van der Waals surface area (Å²) in [4.78, 5) is 21.6. The van der Waals surface area contributed by atoms with Crippen molar-refractivity contribution in [3.63, 3.8) is 0 Å². The lowest BCUT2D eigenvalue weighted by atomic mass is 9.84. The number of benzene rings is 1. The molecular weight excluding hydrogens is 477 g/mol. The van der Waals surface area contributed by atoms with Crippen LogP contribution in [0.3, 0.4) is 0 Å². The summed E-state index contributed by atoms with van der Waals surface area (Å²) in [5.74, 6) is 1.58. The first-order chi connectivity index (χ1) is 13.7. The van der Waals surface area contributed by atoms with Crippen LogP contribution in [0, 0.1) is 12.8 Å². The highest BCUT2D eigenvalue weighted by atomic mass is 127. The van der Waals surface area contributed by atoms with Crippen molar-refractivity contribution in [1.29, 1.82) is 0 Å². The van der Waals surface area contributed by atoms with E-state index in [1.165, 1.54) is 17.5 Å². The number of carbonyl (C=O) groups is 1. The molecule has 1 amide bonds. The SMILES string of the molecule is CCNC(=NCc1ccccc1C)NCCN1CCN(C(=O)C2CCC2)CC1.I. The van der Waals surface area contributed by atoms with Crippen molar-refractivity contribution in [3.8, 4) is 0 Å². The highest BCUT2D eigenvalue weighted by Gasteiger charge is 2.30. The molecule has 7 heteroatoms. The van der Waals surface area contributed by atoms with Crippen LogP contribution < -0.4 is 10.6 Å². The Morgan fingerprint density at radius 1 is 1.14 bits per heavy atom. The Hall–Kier alpha value is -1.35. The van der Waals surface area contributed by atoms with Gasteiger partial charge in [-0.1, -0.05) is 30.7 Å². The minimum Gasteiger partial charge on any atom is -0.357 e. The highest BCUT2D eigenvalue weighted by molar-refractivity contribution is 14.0. The standard InChI is InChI=1S/C22H35N5O.HI/c1-3-23-22(25-17-20-8-5-4-7-18(20)2)24-11-12-26-13-15-27(16-14-26)21(28)19-9-6-10-19;/h4-5,7-8,19H,3,6,9-17H2,1-2H3,(H2,23,24,25);1H. The number of nitrogens with zero attached hydrogens (tertiary/aromatic N) is 3. The molecule has 0 radical (unpaired) electrons. The fourth-order valence-corrected chi connectivity index (χ4v) is 3.73. The largest absolute Gasteiger partial charge is 0.357 e. The number of aliphatic imine (C=N–C) groups is 1. The van der Waals surface area contributed by atoms with Gasteiger partial charge in [-0.05, 0) is 37.8 Å². The molecule has 0 unspecified atom stereocenters. The molecule has 1 heterocycles. The second-order valence-corrected chi connectivity index (χ2v) is 7.84. The van der Waals surface area contributed by atoms with E-state index in [1.807, 2.05) is 0 Å². The maximum atomic E-state index is 12.3. The van der Waals surface area contributed by atoms with Gasteiger partial charge >= 0.3 is 0 Å². The van der Waals surface area contributed by atoms with Gasteiger partial charge in [0.1, 0.15) is 0 Å². The Bertz CT molecular complexity index is 669. The summed E-state index contributed by atoms with van der Waals surface area (Å²) in [6.45, 7) is 11.3. The number of nitrogens with one attached hydrogen (secondary N) is 2. The molecular formula is C22H36IN5O. The topological polar surface area (TPSA) is 60.0 Å². The van der Waals surface area contributed by atoms with Crippen LogP contribution in [0.15, 0.2) is 29.3 Å². The maximum Gasteiger partial charge on any atom is 0.225 e. The molecule has 2 fully saturated rings. The van der Waals surface area contributed by atoms with E-state index in [-0.39, 0.29) is 24.0 Å². The van der Waals surface area contributed by atoms with Gasteiger partial charge in [-0.25, -0.2) is 4.99 Å². The predicted molar refractivity (Wildman–Crippen MR) is 130 cm³/mol. The summed E-state index contributed by atoms with van der Waals surface area (Å²) in [6, 6.07) is 8.38. The average Bonchev–Trinajstić information content (AvgIpc) is 2.66. The molecule has 162 valence electrons. The number of piperazine rings is 1. The average molecular weight is 513 g/mol. The number of hydrogen-bond acceptors (Lipinski definition) is 3. The van der Waals surface area contributed by atoms with Crippen molar-refractivity contribution in [1.82, 2.24) is 20.4 Å². The van der Waals surface area contributed by atoms with Crippen LogP contribution in [-0.4, -0.2) is 67.5 Å². The van der Waals surface area contributed by atoms with Gasteiger partial charge in [-0.15, -0.1) is 24.0 Å². The van der Waals surface area contributed by atoms with Gasteiger partial charge < -0.3 is 15.5 Å². The van der Waals surface area contributed by atoms with Crippen LogP contribution in [0.1, 0.15) is 37.3 Å². The van der Waals surface area contributed by atoms with Crippen molar-refractivity contribution >= 4 is 35.8 Å². The monoisotopic (exact) mass is 513 g/mol. The molecule has 1 aliphatic heterocycles. The summed E-state index contributed by atoms with van der Waals surface area (Å²) in [7, 11) is 0. The van der Waals surface area contributed by atoms with Gasteiger partial charge in [0.15, 0.2) is 5.96 Å². The van der Waals surface area contributed by atoms with Crippen molar-refractivity contribution in [3.05, 3.63) is 35.4 Å². The number of hydrogen-bond donors (Lipinski definition) is 2. The van der Waals surface area contributed by atoms with Crippen molar-refractivity contribution in [2.75, 3.05) is 45.8 Å². The first kappa shape index (κ1) is 23.9. The molecule has 1 saturated carbocycles. The van der Waals surface area contributed by atoms with Gasteiger partial charge in [0.2, 0.25) is 5.91 Å². The van der Waals surface area contributed by atoms with E-state index in [0.717, 1.165) is 64.6 Å². The number of amides is 1. The molecule has 1 saturated heterocycles. The van der Waals surface area contributed by atoms with E-state index in [9.17, 15) is 4.79 Å². The molecule has 0 bridgehead atoms. The second kappa shape index (κ2) is 12.4. The number of guanidine groups is 1. The van der Waals surface area contributed by atoms with Crippen LogP contribution in [0.2, 0.25) is 0 Å². The third-order valence-corrected chi connectivity index (χ3v) is 5.87.